The number of aromatic nitrogens is 2. The Morgan fingerprint density at radius 2 is 1.83 bits per heavy atom. The van der Waals surface area contributed by atoms with Crippen molar-refractivity contribution < 1.29 is 13.0 Å². The fourth-order valence-electron chi connectivity index (χ4n) is 4.32. The predicted octanol–water partition coefficient (Wildman–Crippen LogP) is 4.79. The Bertz CT molecular complexity index is 1480. The number of hydrogen-bond donors (Lipinski definition) is 3. The highest BCUT2D eigenvalue weighted by atomic mass is 32.2. The van der Waals surface area contributed by atoms with Gasteiger partial charge in [0.2, 0.25) is 5.95 Å². The van der Waals surface area contributed by atoms with E-state index in [1.165, 1.54) is 6.07 Å². The van der Waals surface area contributed by atoms with E-state index in [0.29, 0.717) is 31.0 Å². The third kappa shape index (κ3) is 5.80. The maximum Gasteiger partial charge on any atom is 0.223 e. The number of nitrogens with one attached hydrogen (secondary N) is 3. The lowest BCUT2D eigenvalue weighted by molar-refractivity contribution is 0.254. The van der Waals surface area contributed by atoms with Gasteiger partial charge in [-0.25, -0.2) is 23.0 Å². The molecule has 4 aromatic rings. The van der Waals surface area contributed by atoms with Gasteiger partial charge >= 0.3 is 0 Å². The van der Waals surface area contributed by atoms with Gasteiger partial charge in [0, 0.05) is 46.8 Å². The van der Waals surface area contributed by atoms with E-state index in [9.17, 15) is 13.0 Å². The first-order chi connectivity index (χ1) is 17.3. The molecule has 3 atom stereocenters. The number of hydrogen-bond acceptors (Lipinski definition) is 5. The molecule has 0 radical (unpaired) electrons. The van der Waals surface area contributed by atoms with Crippen molar-refractivity contribution in [3.8, 4) is 11.1 Å². The van der Waals surface area contributed by atoms with Crippen LogP contribution in [0, 0.1) is 5.82 Å². The number of benzene rings is 3. The van der Waals surface area contributed by atoms with Gasteiger partial charge in [-0.2, -0.15) is 0 Å². The Morgan fingerprint density at radius 1 is 1.06 bits per heavy atom. The van der Waals surface area contributed by atoms with Crippen molar-refractivity contribution in [3.63, 3.8) is 0 Å². The monoisotopic (exact) mass is 507 g/mol. The van der Waals surface area contributed by atoms with Crippen LogP contribution in [0.1, 0.15) is 12.0 Å². The Morgan fingerprint density at radius 3 is 2.61 bits per heavy atom. The summed E-state index contributed by atoms with van der Waals surface area (Å²) in [5.41, 5.74) is 3.20. The van der Waals surface area contributed by atoms with Crippen molar-refractivity contribution in [1.29, 1.82) is 0 Å². The van der Waals surface area contributed by atoms with Crippen LogP contribution in [0.4, 0.5) is 20.4 Å². The van der Waals surface area contributed by atoms with E-state index in [4.69, 9.17) is 0 Å². The number of halogens is 2. The summed E-state index contributed by atoms with van der Waals surface area (Å²) in [6, 6.07) is 19.6. The number of anilines is 2. The molecule has 9 heteroatoms. The van der Waals surface area contributed by atoms with Crippen molar-refractivity contribution in [2.24, 2.45) is 0 Å². The summed E-state index contributed by atoms with van der Waals surface area (Å²) in [6.45, 7) is 1.03. The number of rotatable bonds is 7. The molecule has 0 saturated carbocycles. The van der Waals surface area contributed by atoms with E-state index in [-0.39, 0.29) is 17.5 Å². The second-order valence-corrected chi connectivity index (χ2v) is 11.2. The molecule has 3 aromatic carbocycles. The molecule has 1 saturated heterocycles. The first kappa shape index (κ1) is 24.1. The lowest BCUT2D eigenvalue weighted by Crippen LogP contribution is -2.44. The first-order valence-corrected chi connectivity index (χ1v) is 13.6. The third-order valence-corrected chi connectivity index (χ3v) is 7.44. The fourth-order valence-corrected chi connectivity index (χ4v) is 5.69. The van der Waals surface area contributed by atoms with Crippen molar-refractivity contribution in [2.75, 3.05) is 23.1 Å². The standard InChI is InChI=1S/C27H27F2N5OS/c1-36(35,17-18-5-3-2-4-6-18)34-26-10-8-20(12-24(26)29)19-7-9-25-21(11-19)14-31-27(33-25)32-23-13-22(28)15-30-16-23/h2-12,14,22-23,30H,1,13,15-17H2,(H,34,35)(H,31,32,33)/t22-,23-,36?/m0/s1. The average molecular weight is 508 g/mol. The van der Waals surface area contributed by atoms with Crippen LogP contribution >= 0.6 is 0 Å². The van der Waals surface area contributed by atoms with Crippen LogP contribution in [-0.2, 0) is 15.5 Å². The predicted molar refractivity (Wildman–Crippen MR) is 144 cm³/mol. The van der Waals surface area contributed by atoms with Gasteiger partial charge in [0.1, 0.15) is 12.0 Å². The zero-order valence-corrected chi connectivity index (χ0v) is 20.4. The topological polar surface area (TPSA) is 78.9 Å². The van der Waals surface area contributed by atoms with Crippen LogP contribution in [0.5, 0.6) is 0 Å². The van der Waals surface area contributed by atoms with Crippen molar-refractivity contribution in [2.45, 2.75) is 24.4 Å². The Hall–Kier alpha value is -3.56. The van der Waals surface area contributed by atoms with Gasteiger partial charge in [0.05, 0.1) is 17.0 Å². The zero-order valence-electron chi connectivity index (χ0n) is 19.6. The summed E-state index contributed by atoms with van der Waals surface area (Å²) in [7, 11) is -2.77. The minimum Gasteiger partial charge on any atom is -0.350 e. The lowest BCUT2D eigenvalue weighted by atomic mass is 10.0. The van der Waals surface area contributed by atoms with Gasteiger partial charge < -0.3 is 15.4 Å². The molecule has 5 rings (SSSR count). The van der Waals surface area contributed by atoms with Gasteiger partial charge in [-0.3, -0.25) is 0 Å². The molecular weight excluding hydrogens is 480 g/mol. The molecular formula is C27H27F2N5OS. The Balaban J connectivity index is 1.31. The Kier molecular flexibility index (Phi) is 6.84. The van der Waals surface area contributed by atoms with Crippen LogP contribution in [0.3, 0.4) is 0 Å². The van der Waals surface area contributed by atoms with Gasteiger partial charge in [0.25, 0.3) is 0 Å². The van der Waals surface area contributed by atoms with Gasteiger partial charge in [-0.05, 0) is 46.8 Å². The molecule has 1 aromatic heterocycles. The van der Waals surface area contributed by atoms with E-state index in [1.54, 1.807) is 18.3 Å². The van der Waals surface area contributed by atoms with Crippen LogP contribution in [0.2, 0.25) is 0 Å². The number of fused-ring (bicyclic) bond motifs is 1. The molecule has 6 nitrogen and oxygen atoms in total. The molecule has 2 heterocycles. The molecule has 1 aliphatic rings. The van der Waals surface area contributed by atoms with Crippen LogP contribution in [0.25, 0.3) is 22.0 Å². The molecule has 36 heavy (non-hydrogen) atoms. The molecule has 0 amide bonds. The molecule has 1 unspecified atom stereocenters. The van der Waals surface area contributed by atoms with Crippen LogP contribution < -0.4 is 15.4 Å². The quantitative estimate of drug-likeness (QED) is 0.314. The van der Waals surface area contributed by atoms with E-state index >= 15 is 0 Å². The molecule has 0 bridgehead atoms. The highest BCUT2D eigenvalue weighted by Crippen LogP contribution is 2.28. The molecule has 0 spiro atoms. The normalized spacial score (nSPS) is 19.5. The summed E-state index contributed by atoms with van der Waals surface area (Å²) in [6.07, 6.45) is 1.23. The summed E-state index contributed by atoms with van der Waals surface area (Å²) in [5.74, 6) is 3.90. The number of alkyl halides is 1. The van der Waals surface area contributed by atoms with Crippen LogP contribution in [-0.4, -0.2) is 45.4 Å². The molecule has 3 N–H and O–H groups in total. The highest BCUT2D eigenvalue weighted by Gasteiger charge is 2.21. The van der Waals surface area contributed by atoms with E-state index < -0.39 is 21.7 Å². The number of piperidine rings is 1. The summed E-state index contributed by atoms with van der Waals surface area (Å²) >= 11 is 0. The van der Waals surface area contributed by atoms with E-state index in [2.05, 4.69) is 31.2 Å². The zero-order chi connectivity index (χ0) is 25.1. The maximum atomic E-state index is 14.9. The minimum absolute atomic E-state index is 0.0683. The second-order valence-electron chi connectivity index (χ2n) is 9.04. The lowest BCUT2D eigenvalue weighted by Gasteiger charge is -2.26. The number of nitrogens with zero attached hydrogens (tertiary/aromatic N) is 2. The summed E-state index contributed by atoms with van der Waals surface area (Å²) in [5, 5.41) is 7.04. The van der Waals surface area contributed by atoms with E-state index in [0.717, 1.165) is 22.0 Å². The van der Waals surface area contributed by atoms with Crippen LogP contribution in [0.15, 0.2) is 72.9 Å². The minimum atomic E-state index is -2.77. The van der Waals surface area contributed by atoms with Crippen molar-refractivity contribution >= 4 is 38.1 Å². The van der Waals surface area contributed by atoms with Gasteiger partial charge in [0.15, 0.2) is 0 Å². The van der Waals surface area contributed by atoms with Gasteiger partial charge in [-0.15, -0.1) is 0 Å². The summed E-state index contributed by atoms with van der Waals surface area (Å²) < 4.78 is 44.3. The molecule has 1 aliphatic heterocycles. The third-order valence-electron chi connectivity index (χ3n) is 6.05. The molecule has 1 fully saturated rings. The fraction of sp³-hybridized carbons (Fsp3) is 0.222. The Labute approximate surface area is 209 Å². The maximum absolute atomic E-state index is 14.9. The second kappa shape index (κ2) is 10.2. The first-order valence-electron chi connectivity index (χ1n) is 11.7. The van der Waals surface area contributed by atoms with Crippen molar-refractivity contribution in [3.05, 3.63) is 84.3 Å². The largest absolute Gasteiger partial charge is 0.350 e. The SMILES string of the molecule is C=S(=O)(Cc1ccccc1)Nc1ccc(-c2ccc3nc(N[C@@H]4CNC[C@@H](F)C4)ncc3c2)cc1F. The smallest absolute Gasteiger partial charge is 0.223 e. The van der Waals surface area contributed by atoms with E-state index in [1.807, 2.05) is 48.5 Å². The molecule has 0 aliphatic carbocycles. The average Bonchev–Trinajstić information content (AvgIpc) is 2.85. The van der Waals surface area contributed by atoms with Crippen molar-refractivity contribution in [1.82, 2.24) is 15.3 Å². The summed E-state index contributed by atoms with van der Waals surface area (Å²) in [4.78, 5) is 8.91. The highest BCUT2D eigenvalue weighted by molar-refractivity contribution is 8.00. The van der Waals surface area contributed by atoms with Gasteiger partial charge in [-0.1, -0.05) is 42.5 Å². The molecule has 186 valence electrons.